The molecule has 4 rings (SSSR count). The SMILES string of the molecule is O=c1[nH]c2cc(Br)cnc2nc1/C=C(\O)c1ccc(C2CCCCC2)cc1. The minimum absolute atomic E-state index is 0.0136. The molecular formula is C21H20BrN3O2. The van der Waals surface area contributed by atoms with Crippen molar-refractivity contribution in [3.63, 3.8) is 0 Å². The molecule has 27 heavy (non-hydrogen) atoms. The molecule has 6 heteroatoms. The van der Waals surface area contributed by atoms with E-state index >= 15 is 0 Å². The molecule has 2 aromatic heterocycles. The van der Waals surface area contributed by atoms with Gasteiger partial charge in [-0.1, -0.05) is 43.5 Å². The Morgan fingerprint density at radius 3 is 2.67 bits per heavy atom. The molecule has 0 spiro atoms. The van der Waals surface area contributed by atoms with Gasteiger partial charge in [0.25, 0.3) is 5.56 Å². The normalized spacial score (nSPS) is 16.0. The van der Waals surface area contributed by atoms with Crippen molar-refractivity contribution in [3.8, 4) is 0 Å². The van der Waals surface area contributed by atoms with Crippen LogP contribution < -0.4 is 5.56 Å². The fraction of sp³-hybridized carbons (Fsp3) is 0.286. The Morgan fingerprint density at radius 2 is 1.93 bits per heavy atom. The fourth-order valence-corrected chi connectivity index (χ4v) is 3.97. The molecule has 0 unspecified atom stereocenters. The number of aromatic nitrogens is 3. The van der Waals surface area contributed by atoms with Crippen LogP contribution in [-0.4, -0.2) is 20.1 Å². The van der Waals surface area contributed by atoms with Crippen molar-refractivity contribution in [1.82, 2.24) is 15.0 Å². The Labute approximate surface area is 165 Å². The monoisotopic (exact) mass is 425 g/mol. The first-order chi connectivity index (χ1) is 13.1. The summed E-state index contributed by atoms with van der Waals surface area (Å²) in [6.45, 7) is 0. The highest BCUT2D eigenvalue weighted by Crippen LogP contribution is 2.33. The van der Waals surface area contributed by atoms with E-state index in [4.69, 9.17) is 0 Å². The number of pyridine rings is 1. The molecular weight excluding hydrogens is 406 g/mol. The molecule has 1 saturated carbocycles. The van der Waals surface area contributed by atoms with Crippen molar-refractivity contribution in [2.75, 3.05) is 0 Å². The number of hydrogen-bond donors (Lipinski definition) is 2. The van der Waals surface area contributed by atoms with Gasteiger partial charge in [0.1, 0.15) is 11.5 Å². The summed E-state index contributed by atoms with van der Waals surface area (Å²) < 4.78 is 0.761. The van der Waals surface area contributed by atoms with Gasteiger partial charge in [0.05, 0.1) is 5.52 Å². The van der Waals surface area contributed by atoms with Crippen LogP contribution >= 0.6 is 15.9 Å². The Morgan fingerprint density at radius 1 is 1.19 bits per heavy atom. The van der Waals surface area contributed by atoms with Gasteiger partial charge in [0.2, 0.25) is 0 Å². The Balaban J connectivity index is 1.62. The highest BCUT2D eigenvalue weighted by molar-refractivity contribution is 9.10. The predicted octanol–water partition coefficient (Wildman–Crippen LogP) is 5.18. The summed E-state index contributed by atoms with van der Waals surface area (Å²) in [7, 11) is 0. The zero-order valence-corrected chi connectivity index (χ0v) is 16.4. The number of rotatable bonds is 3. The molecule has 0 amide bonds. The number of nitrogens with zero attached hydrogens (tertiary/aromatic N) is 2. The number of benzene rings is 1. The van der Waals surface area contributed by atoms with E-state index in [2.05, 4.69) is 43.0 Å². The summed E-state index contributed by atoms with van der Waals surface area (Å²) in [4.78, 5) is 23.4. The molecule has 1 aromatic carbocycles. The Kier molecular flexibility index (Phi) is 5.07. The van der Waals surface area contributed by atoms with Crippen molar-refractivity contribution in [2.24, 2.45) is 0 Å². The number of halogens is 1. The fourth-order valence-electron chi connectivity index (χ4n) is 3.64. The lowest BCUT2D eigenvalue weighted by molar-refractivity contribution is 0.443. The zero-order chi connectivity index (χ0) is 18.8. The lowest BCUT2D eigenvalue weighted by Gasteiger charge is -2.22. The standard InChI is InChI=1S/C21H20BrN3O2/c22-16-10-17-20(23-12-16)24-18(21(27)25-17)11-19(26)15-8-6-14(7-9-15)13-4-2-1-3-5-13/h6-13,26H,1-5H2,(H,25,27)/b19-11-. The molecule has 0 atom stereocenters. The van der Waals surface area contributed by atoms with Crippen LogP contribution in [0.25, 0.3) is 23.0 Å². The zero-order valence-electron chi connectivity index (χ0n) is 14.8. The summed E-state index contributed by atoms with van der Waals surface area (Å²) >= 11 is 3.32. The molecule has 1 fully saturated rings. The third-order valence-electron chi connectivity index (χ3n) is 5.10. The molecule has 0 aliphatic heterocycles. The average Bonchev–Trinajstić information content (AvgIpc) is 2.69. The van der Waals surface area contributed by atoms with Gasteiger partial charge < -0.3 is 10.1 Å². The highest BCUT2D eigenvalue weighted by Gasteiger charge is 2.15. The highest BCUT2D eigenvalue weighted by atomic mass is 79.9. The molecule has 1 aliphatic carbocycles. The number of aliphatic hydroxyl groups is 1. The van der Waals surface area contributed by atoms with Gasteiger partial charge in [-0.05, 0) is 46.3 Å². The number of hydrogen-bond acceptors (Lipinski definition) is 4. The van der Waals surface area contributed by atoms with Crippen molar-refractivity contribution in [3.05, 3.63) is 68.2 Å². The second-order valence-corrected chi connectivity index (χ2v) is 7.88. The molecule has 2 heterocycles. The molecule has 3 aromatic rings. The summed E-state index contributed by atoms with van der Waals surface area (Å²) in [5.41, 5.74) is 2.72. The van der Waals surface area contributed by atoms with Gasteiger partial charge in [-0.15, -0.1) is 0 Å². The lowest BCUT2D eigenvalue weighted by atomic mass is 9.84. The summed E-state index contributed by atoms with van der Waals surface area (Å²) in [5, 5.41) is 10.5. The van der Waals surface area contributed by atoms with Gasteiger partial charge in [-0.2, -0.15) is 0 Å². The van der Waals surface area contributed by atoms with Gasteiger partial charge in [-0.25, -0.2) is 9.97 Å². The third-order valence-corrected chi connectivity index (χ3v) is 5.53. The van der Waals surface area contributed by atoms with Gasteiger partial charge in [-0.3, -0.25) is 4.79 Å². The largest absolute Gasteiger partial charge is 0.507 e. The third kappa shape index (κ3) is 3.95. The van der Waals surface area contributed by atoms with E-state index < -0.39 is 0 Å². The number of aromatic amines is 1. The number of H-pyrrole nitrogens is 1. The predicted molar refractivity (Wildman–Crippen MR) is 111 cm³/mol. The second-order valence-electron chi connectivity index (χ2n) is 6.96. The molecule has 138 valence electrons. The van der Waals surface area contributed by atoms with E-state index in [0.717, 1.165) is 4.47 Å². The maximum Gasteiger partial charge on any atom is 0.274 e. The Bertz CT molecular complexity index is 1050. The maximum absolute atomic E-state index is 12.3. The van der Waals surface area contributed by atoms with Crippen LogP contribution in [0.2, 0.25) is 0 Å². The van der Waals surface area contributed by atoms with Crippen LogP contribution in [-0.2, 0) is 0 Å². The van der Waals surface area contributed by atoms with E-state index in [9.17, 15) is 9.90 Å². The maximum atomic E-state index is 12.3. The topological polar surface area (TPSA) is 78.9 Å². The van der Waals surface area contributed by atoms with Crippen LogP contribution in [0, 0.1) is 0 Å². The molecule has 0 radical (unpaired) electrons. The van der Waals surface area contributed by atoms with E-state index in [1.807, 2.05) is 12.1 Å². The van der Waals surface area contributed by atoms with Crippen molar-refractivity contribution >= 4 is 38.9 Å². The molecule has 5 nitrogen and oxygen atoms in total. The van der Waals surface area contributed by atoms with Crippen molar-refractivity contribution in [2.45, 2.75) is 38.0 Å². The van der Waals surface area contributed by atoms with Crippen LogP contribution in [0.15, 0.2) is 45.8 Å². The summed E-state index contributed by atoms with van der Waals surface area (Å²) in [6, 6.07) is 9.70. The lowest BCUT2D eigenvalue weighted by Crippen LogP contribution is -2.12. The minimum Gasteiger partial charge on any atom is -0.507 e. The first-order valence-electron chi connectivity index (χ1n) is 9.17. The minimum atomic E-state index is -0.368. The molecule has 0 bridgehead atoms. The van der Waals surface area contributed by atoms with Crippen LogP contribution in [0.3, 0.4) is 0 Å². The van der Waals surface area contributed by atoms with Gasteiger partial charge >= 0.3 is 0 Å². The summed E-state index contributed by atoms with van der Waals surface area (Å²) in [5.74, 6) is 0.633. The van der Waals surface area contributed by atoms with Gasteiger partial charge in [0, 0.05) is 22.3 Å². The Hall–Kier alpha value is -2.47. The van der Waals surface area contributed by atoms with Crippen LogP contribution in [0.4, 0.5) is 0 Å². The number of fused-ring (bicyclic) bond motifs is 1. The van der Waals surface area contributed by atoms with E-state index in [1.54, 1.807) is 12.3 Å². The van der Waals surface area contributed by atoms with E-state index in [1.165, 1.54) is 43.7 Å². The quantitative estimate of drug-likeness (QED) is 0.566. The van der Waals surface area contributed by atoms with Crippen molar-refractivity contribution < 1.29 is 5.11 Å². The average molecular weight is 426 g/mol. The number of aliphatic hydroxyl groups excluding tert-OH is 1. The molecule has 1 aliphatic rings. The molecule has 0 saturated heterocycles. The smallest absolute Gasteiger partial charge is 0.274 e. The first kappa shape index (κ1) is 17.9. The first-order valence-corrected chi connectivity index (χ1v) is 9.96. The second kappa shape index (κ2) is 7.64. The van der Waals surface area contributed by atoms with Gasteiger partial charge in [0.15, 0.2) is 5.65 Å². The number of nitrogens with one attached hydrogen (secondary N) is 1. The molecule has 2 N–H and O–H groups in total. The van der Waals surface area contributed by atoms with E-state index in [-0.39, 0.29) is 17.0 Å². The van der Waals surface area contributed by atoms with Crippen LogP contribution in [0.1, 0.15) is 54.8 Å². The van der Waals surface area contributed by atoms with Crippen LogP contribution in [0.5, 0.6) is 0 Å². The summed E-state index contributed by atoms with van der Waals surface area (Å²) in [6.07, 6.45) is 9.39. The van der Waals surface area contributed by atoms with Crippen molar-refractivity contribution in [1.29, 1.82) is 0 Å². The van der Waals surface area contributed by atoms with E-state index in [0.29, 0.717) is 22.6 Å².